The summed E-state index contributed by atoms with van der Waals surface area (Å²) in [5.41, 5.74) is 2.49. The van der Waals surface area contributed by atoms with Crippen molar-refractivity contribution in [2.75, 3.05) is 0 Å². The summed E-state index contributed by atoms with van der Waals surface area (Å²) in [6.45, 7) is 11.8. The van der Waals surface area contributed by atoms with Crippen LogP contribution in [0.4, 0.5) is 0 Å². The molecule has 1 N–H and O–H groups in total. The van der Waals surface area contributed by atoms with Gasteiger partial charge < -0.3 is 5.11 Å². The van der Waals surface area contributed by atoms with E-state index in [0.717, 1.165) is 37.0 Å². The minimum absolute atomic E-state index is 0.0919. The topological polar surface area (TPSA) is 37.3 Å². The van der Waals surface area contributed by atoms with Gasteiger partial charge >= 0.3 is 0 Å². The van der Waals surface area contributed by atoms with Crippen molar-refractivity contribution in [3.63, 3.8) is 0 Å². The quantitative estimate of drug-likeness (QED) is 0.483. The molecule has 0 aromatic heterocycles. The molecule has 4 fully saturated rings. The standard InChI is InChI=1S/C29H46O2/c1-18(2)6-10-24(30)19(3)21-8-9-22-20-7-11-25-28(5,23(20)12-14-27(21,22)4)15-13-26(31)29(25)16-17-29/h11,18-23,26,31H,6-10,12-17H2,1-5H3/t19-,20-,21+,22-,23-,26+,27+,28+/m0/s1. The Kier molecular flexibility index (Phi) is 5.32. The van der Waals surface area contributed by atoms with Crippen molar-refractivity contribution in [1.29, 1.82) is 0 Å². The molecule has 8 atom stereocenters. The van der Waals surface area contributed by atoms with Crippen LogP contribution in [0.5, 0.6) is 0 Å². The van der Waals surface area contributed by atoms with Crippen LogP contribution in [0.3, 0.4) is 0 Å². The number of carbonyl (C=O) groups is 1. The largest absolute Gasteiger partial charge is 0.392 e. The minimum Gasteiger partial charge on any atom is -0.392 e. The van der Waals surface area contributed by atoms with Gasteiger partial charge in [0, 0.05) is 17.8 Å². The summed E-state index contributed by atoms with van der Waals surface area (Å²) < 4.78 is 0. The third-order valence-corrected chi connectivity index (χ3v) is 11.5. The zero-order chi connectivity index (χ0) is 22.2. The van der Waals surface area contributed by atoms with E-state index in [4.69, 9.17) is 0 Å². The van der Waals surface area contributed by atoms with Gasteiger partial charge in [-0.25, -0.2) is 0 Å². The number of aliphatic hydroxyl groups excluding tert-OH is 1. The van der Waals surface area contributed by atoms with Crippen molar-refractivity contribution in [3.05, 3.63) is 11.6 Å². The number of allylic oxidation sites excluding steroid dienone is 1. The predicted octanol–water partition coefficient (Wildman–Crippen LogP) is 6.96. The lowest BCUT2D eigenvalue weighted by molar-refractivity contribution is -0.127. The molecule has 0 aromatic rings. The molecule has 0 unspecified atom stereocenters. The van der Waals surface area contributed by atoms with Crippen LogP contribution in [0.25, 0.3) is 0 Å². The Hall–Kier alpha value is -0.630. The normalized spacial score (nSPS) is 46.2. The van der Waals surface area contributed by atoms with Crippen molar-refractivity contribution < 1.29 is 9.90 Å². The molecule has 31 heavy (non-hydrogen) atoms. The van der Waals surface area contributed by atoms with E-state index < -0.39 is 0 Å². The number of aliphatic hydroxyl groups is 1. The molecule has 5 aliphatic rings. The monoisotopic (exact) mass is 426 g/mol. The maximum atomic E-state index is 13.0. The van der Waals surface area contributed by atoms with Gasteiger partial charge in [-0.15, -0.1) is 0 Å². The van der Waals surface area contributed by atoms with Crippen LogP contribution < -0.4 is 0 Å². The van der Waals surface area contributed by atoms with E-state index in [1.807, 2.05) is 0 Å². The smallest absolute Gasteiger partial charge is 0.136 e. The van der Waals surface area contributed by atoms with E-state index in [2.05, 4.69) is 40.7 Å². The van der Waals surface area contributed by atoms with E-state index in [9.17, 15) is 9.90 Å². The molecule has 1 spiro atoms. The van der Waals surface area contributed by atoms with Gasteiger partial charge in [0.25, 0.3) is 0 Å². The van der Waals surface area contributed by atoms with Crippen molar-refractivity contribution in [1.82, 2.24) is 0 Å². The average molecular weight is 427 g/mol. The maximum Gasteiger partial charge on any atom is 0.136 e. The Balaban J connectivity index is 1.37. The first kappa shape index (κ1) is 22.2. The molecule has 0 aromatic carbocycles. The molecular weight excluding hydrogens is 380 g/mol. The van der Waals surface area contributed by atoms with Crippen LogP contribution in [-0.2, 0) is 4.79 Å². The second kappa shape index (κ2) is 7.44. The Morgan fingerprint density at radius 2 is 1.77 bits per heavy atom. The van der Waals surface area contributed by atoms with E-state index in [-0.39, 0.29) is 17.4 Å². The third kappa shape index (κ3) is 3.17. The number of hydrogen-bond acceptors (Lipinski definition) is 2. The summed E-state index contributed by atoms with van der Waals surface area (Å²) in [7, 11) is 0. The fourth-order valence-electron chi connectivity index (χ4n) is 9.56. The van der Waals surface area contributed by atoms with E-state index in [1.54, 1.807) is 5.57 Å². The molecular formula is C29H46O2. The van der Waals surface area contributed by atoms with Gasteiger partial charge in [-0.2, -0.15) is 0 Å². The van der Waals surface area contributed by atoms with Crippen LogP contribution in [0.2, 0.25) is 0 Å². The van der Waals surface area contributed by atoms with E-state index in [1.165, 1.54) is 51.4 Å². The molecule has 2 heteroatoms. The summed E-state index contributed by atoms with van der Waals surface area (Å²) in [6.07, 6.45) is 15.4. The molecule has 4 saturated carbocycles. The highest BCUT2D eigenvalue weighted by atomic mass is 16.3. The lowest BCUT2D eigenvalue weighted by atomic mass is 9.45. The molecule has 0 heterocycles. The van der Waals surface area contributed by atoms with Crippen molar-refractivity contribution in [2.45, 2.75) is 111 Å². The fraction of sp³-hybridized carbons (Fsp3) is 0.897. The van der Waals surface area contributed by atoms with Crippen LogP contribution in [0.15, 0.2) is 11.6 Å². The van der Waals surface area contributed by atoms with Gasteiger partial charge in [0.15, 0.2) is 0 Å². The van der Waals surface area contributed by atoms with Crippen molar-refractivity contribution in [3.8, 4) is 0 Å². The number of rotatable bonds is 5. The van der Waals surface area contributed by atoms with Gasteiger partial charge in [-0.1, -0.05) is 46.3 Å². The van der Waals surface area contributed by atoms with E-state index >= 15 is 0 Å². The van der Waals surface area contributed by atoms with Gasteiger partial charge in [0.2, 0.25) is 0 Å². The van der Waals surface area contributed by atoms with Crippen LogP contribution in [0.1, 0.15) is 105 Å². The number of Topliss-reactive ketones (excluding diaryl/α,β-unsaturated/α-hetero) is 1. The minimum atomic E-state index is -0.0919. The highest BCUT2D eigenvalue weighted by Crippen LogP contribution is 2.72. The summed E-state index contributed by atoms with van der Waals surface area (Å²) in [6, 6.07) is 0. The molecule has 174 valence electrons. The summed E-state index contributed by atoms with van der Waals surface area (Å²) in [5.74, 6) is 4.33. The fourth-order valence-corrected chi connectivity index (χ4v) is 9.56. The molecule has 5 aliphatic carbocycles. The van der Waals surface area contributed by atoms with Gasteiger partial charge in [0.05, 0.1) is 6.10 Å². The number of hydrogen-bond donors (Lipinski definition) is 1. The SMILES string of the molecule is CC(C)CCC(=O)[C@@H](C)[C@H]1CC[C@H]2[C@@H]3CC=C4C5(CC5)[C@H](O)CC[C@]4(C)[C@H]3CC[C@]12C. The average Bonchev–Trinajstić information content (AvgIpc) is 3.44. The molecule has 0 radical (unpaired) electrons. The Labute approximate surface area is 190 Å². The summed E-state index contributed by atoms with van der Waals surface area (Å²) in [4.78, 5) is 13.0. The number of ketones is 1. The second-order valence-electron chi connectivity index (χ2n) is 13.3. The zero-order valence-electron chi connectivity index (χ0n) is 20.8. The summed E-state index contributed by atoms with van der Waals surface area (Å²) in [5, 5.41) is 10.8. The predicted molar refractivity (Wildman–Crippen MR) is 126 cm³/mol. The maximum absolute atomic E-state index is 13.0. The van der Waals surface area contributed by atoms with Crippen molar-refractivity contribution >= 4 is 5.78 Å². The molecule has 5 rings (SSSR count). The van der Waals surface area contributed by atoms with Crippen LogP contribution >= 0.6 is 0 Å². The molecule has 0 aliphatic heterocycles. The lowest BCUT2D eigenvalue weighted by Crippen LogP contribution is -2.53. The molecule has 2 nitrogen and oxygen atoms in total. The Morgan fingerprint density at radius 1 is 1.03 bits per heavy atom. The van der Waals surface area contributed by atoms with Gasteiger partial charge in [-0.3, -0.25) is 4.79 Å². The number of fused-ring (bicyclic) bond motifs is 6. The first-order valence-corrected chi connectivity index (χ1v) is 13.6. The summed E-state index contributed by atoms with van der Waals surface area (Å²) >= 11 is 0. The first-order chi connectivity index (χ1) is 14.6. The first-order valence-electron chi connectivity index (χ1n) is 13.6. The van der Waals surface area contributed by atoms with Gasteiger partial charge in [-0.05, 0) is 105 Å². The third-order valence-electron chi connectivity index (χ3n) is 11.5. The molecule has 0 saturated heterocycles. The van der Waals surface area contributed by atoms with Crippen molar-refractivity contribution in [2.24, 2.45) is 51.8 Å². The van der Waals surface area contributed by atoms with Gasteiger partial charge in [0.1, 0.15) is 5.78 Å². The van der Waals surface area contributed by atoms with Crippen LogP contribution in [-0.4, -0.2) is 17.0 Å². The molecule has 0 amide bonds. The Morgan fingerprint density at radius 3 is 2.45 bits per heavy atom. The highest BCUT2D eigenvalue weighted by molar-refractivity contribution is 5.81. The number of carbonyl (C=O) groups excluding carboxylic acids is 1. The highest BCUT2D eigenvalue weighted by Gasteiger charge is 2.65. The van der Waals surface area contributed by atoms with Crippen LogP contribution in [0, 0.1) is 51.8 Å². The molecule has 0 bridgehead atoms. The zero-order valence-corrected chi connectivity index (χ0v) is 20.8. The Bertz CT molecular complexity index is 761. The second-order valence-corrected chi connectivity index (χ2v) is 13.3. The lowest BCUT2D eigenvalue weighted by Gasteiger charge is -2.60. The van der Waals surface area contributed by atoms with E-state index in [0.29, 0.717) is 28.4 Å².